The molecule has 1 aliphatic rings. The van der Waals surface area contributed by atoms with Crippen molar-refractivity contribution in [2.24, 2.45) is 0 Å². The fourth-order valence-electron chi connectivity index (χ4n) is 1.36. The summed E-state index contributed by atoms with van der Waals surface area (Å²) >= 11 is 0. The number of unbranched alkanes of at least 4 members (excludes halogenated alkanes) is 1. The van der Waals surface area contributed by atoms with E-state index in [-0.39, 0.29) is 0 Å². The number of hydrogen-bond donors (Lipinski definition) is 0. The molecule has 1 rings (SSSR count). The fraction of sp³-hybridized carbons (Fsp3) is 0.800. The summed E-state index contributed by atoms with van der Waals surface area (Å²) in [4.78, 5) is 0. The maximum atomic E-state index is 3.92. The van der Waals surface area contributed by atoms with Crippen LogP contribution in [0.5, 0.6) is 0 Å². The van der Waals surface area contributed by atoms with E-state index in [0.717, 1.165) is 5.25 Å². The molecule has 1 aliphatic heterocycles. The molecule has 1 fully saturated rings. The molecule has 0 aromatic heterocycles. The average molecular weight is 202 g/mol. The third kappa shape index (κ3) is 4.46. The van der Waals surface area contributed by atoms with Gasteiger partial charge in [0.15, 0.2) is 0 Å². The van der Waals surface area contributed by atoms with E-state index in [1.807, 2.05) is 10.8 Å². The van der Waals surface area contributed by atoms with Crippen LogP contribution in [-0.4, -0.2) is 11.0 Å². The van der Waals surface area contributed by atoms with Crippen molar-refractivity contribution in [3.8, 4) is 0 Å². The van der Waals surface area contributed by atoms with Crippen molar-refractivity contribution in [2.45, 2.75) is 44.3 Å². The molecule has 1 atom stereocenters. The topological polar surface area (TPSA) is 0 Å². The molecule has 0 bridgehead atoms. The van der Waals surface area contributed by atoms with E-state index in [1.54, 1.807) is 0 Å². The molecule has 0 unspecified atom stereocenters. The number of rotatable bonds is 5. The Labute approximate surface area is 84.0 Å². The Hall–Kier alpha value is 0.440. The van der Waals surface area contributed by atoms with Crippen LogP contribution < -0.4 is 0 Å². The van der Waals surface area contributed by atoms with Crippen molar-refractivity contribution < 1.29 is 0 Å². The van der Waals surface area contributed by atoms with Gasteiger partial charge < -0.3 is 0 Å². The van der Waals surface area contributed by atoms with Crippen molar-refractivity contribution in [3.63, 3.8) is 0 Å². The van der Waals surface area contributed by atoms with Crippen LogP contribution in [0.2, 0.25) is 0 Å². The Morgan fingerprint density at radius 3 is 2.92 bits per heavy atom. The molecule has 0 aromatic carbocycles. The van der Waals surface area contributed by atoms with Gasteiger partial charge in [-0.3, -0.25) is 0 Å². The molecular weight excluding hydrogens is 184 g/mol. The fourth-order valence-corrected chi connectivity index (χ4v) is 4.39. The second-order valence-electron chi connectivity index (χ2n) is 3.53. The monoisotopic (exact) mass is 202 g/mol. The van der Waals surface area contributed by atoms with Crippen LogP contribution in [0.1, 0.15) is 39.0 Å². The molecule has 12 heavy (non-hydrogen) atoms. The molecule has 0 spiro atoms. The minimum atomic E-state index is 0.958. The van der Waals surface area contributed by atoms with Gasteiger partial charge in [-0.05, 0) is 32.6 Å². The van der Waals surface area contributed by atoms with Gasteiger partial charge >= 0.3 is 0 Å². The molecule has 0 amide bonds. The maximum Gasteiger partial charge on any atom is 0.0159 e. The van der Waals surface area contributed by atoms with E-state index in [0.29, 0.717) is 0 Å². The Morgan fingerprint density at radius 1 is 1.50 bits per heavy atom. The van der Waals surface area contributed by atoms with Gasteiger partial charge in [0, 0.05) is 11.0 Å². The summed E-state index contributed by atoms with van der Waals surface area (Å²) in [6.45, 7) is 6.04. The van der Waals surface area contributed by atoms with Crippen molar-refractivity contribution >= 4 is 21.6 Å². The zero-order valence-corrected chi connectivity index (χ0v) is 9.48. The molecule has 0 N–H and O–H groups in total. The summed E-state index contributed by atoms with van der Waals surface area (Å²) in [5, 5.41) is 0.958. The Bertz CT molecular complexity index is 137. The highest BCUT2D eigenvalue weighted by Gasteiger charge is 2.15. The second kappa shape index (κ2) is 5.98. The van der Waals surface area contributed by atoms with Crippen LogP contribution >= 0.6 is 21.6 Å². The highest BCUT2D eigenvalue weighted by Crippen LogP contribution is 2.39. The number of allylic oxidation sites excluding steroid dienone is 1. The van der Waals surface area contributed by atoms with Crippen molar-refractivity contribution in [2.75, 3.05) is 5.75 Å². The van der Waals surface area contributed by atoms with E-state index >= 15 is 0 Å². The Kier molecular flexibility index (Phi) is 5.24. The van der Waals surface area contributed by atoms with E-state index in [1.165, 1.54) is 43.4 Å². The van der Waals surface area contributed by atoms with E-state index in [9.17, 15) is 0 Å². The predicted molar refractivity (Wildman–Crippen MR) is 61.7 cm³/mol. The summed E-state index contributed by atoms with van der Waals surface area (Å²) in [6, 6.07) is 0. The predicted octanol–water partition coefficient (Wildman–Crippen LogP) is 4.28. The lowest BCUT2D eigenvalue weighted by Crippen LogP contribution is -1.96. The third-order valence-corrected chi connectivity index (χ3v) is 5.11. The van der Waals surface area contributed by atoms with Crippen LogP contribution in [0.25, 0.3) is 0 Å². The maximum absolute atomic E-state index is 3.92. The van der Waals surface area contributed by atoms with Crippen LogP contribution in [0.3, 0.4) is 0 Å². The first kappa shape index (κ1) is 10.5. The van der Waals surface area contributed by atoms with Gasteiger partial charge in [-0.15, -0.1) is 6.58 Å². The molecule has 0 saturated carbocycles. The smallest absolute Gasteiger partial charge is 0.0159 e. The summed E-state index contributed by atoms with van der Waals surface area (Å²) < 4.78 is 0. The number of hydrogen-bond acceptors (Lipinski definition) is 2. The lowest BCUT2D eigenvalue weighted by atomic mass is 10.1. The minimum absolute atomic E-state index is 0.958. The SMILES string of the molecule is C=C(C)CCCC[C@@H]1CCSS1. The first-order valence-electron chi connectivity index (χ1n) is 4.71. The van der Waals surface area contributed by atoms with Gasteiger partial charge in [-0.2, -0.15) is 0 Å². The summed E-state index contributed by atoms with van der Waals surface area (Å²) in [5.74, 6) is 1.37. The Balaban J connectivity index is 1.91. The lowest BCUT2D eigenvalue weighted by molar-refractivity contribution is 0.649. The van der Waals surface area contributed by atoms with Crippen LogP contribution in [-0.2, 0) is 0 Å². The van der Waals surface area contributed by atoms with Crippen LogP contribution in [0, 0.1) is 0 Å². The first-order valence-corrected chi connectivity index (χ1v) is 7.10. The van der Waals surface area contributed by atoms with Gasteiger partial charge in [-0.25, -0.2) is 0 Å². The quantitative estimate of drug-likeness (QED) is 0.371. The molecular formula is C10H18S2. The molecule has 70 valence electrons. The van der Waals surface area contributed by atoms with Gasteiger partial charge in [0.05, 0.1) is 0 Å². The van der Waals surface area contributed by atoms with Gasteiger partial charge in [0.1, 0.15) is 0 Å². The first-order chi connectivity index (χ1) is 5.79. The van der Waals surface area contributed by atoms with Crippen molar-refractivity contribution in [3.05, 3.63) is 12.2 Å². The minimum Gasteiger partial charge on any atom is -0.100 e. The van der Waals surface area contributed by atoms with Crippen LogP contribution in [0.4, 0.5) is 0 Å². The lowest BCUT2D eigenvalue weighted by Gasteiger charge is -2.06. The summed E-state index contributed by atoms with van der Waals surface area (Å²) in [5.41, 5.74) is 1.34. The standard InChI is InChI=1S/C10H18S2/c1-9(2)5-3-4-6-10-7-8-11-12-10/h10H,1,3-8H2,2H3/t10-/m1/s1. The molecule has 1 heterocycles. The zero-order valence-electron chi connectivity index (χ0n) is 7.84. The largest absolute Gasteiger partial charge is 0.100 e. The van der Waals surface area contributed by atoms with E-state index in [4.69, 9.17) is 0 Å². The highest BCUT2D eigenvalue weighted by atomic mass is 33.1. The van der Waals surface area contributed by atoms with E-state index < -0.39 is 0 Å². The van der Waals surface area contributed by atoms with Gasteiger partial charge in [0.2, 0.25) is 0 Å². The molecule has 0 aliphatic carbocycles. The van der Waals surface area contributed by atoms with Crippen molar-refractivity contribution in [1.82, 2.24) is 0 Å². The van der Waals surface area contributed by atoms with Gasteiger partial charge in [-0.1, -0.05) is 33.6 Å². The van der Waals surface area contributed by atoms with Gasteiger partial charge in [0.25, 0.3) is 0 Å². The molecule has 0 nitrogen and oxygen atoms in total. The van der Waals surface area contributed by atoms with E-state index in [2.05, 4.69) is 24.3 Å². The molecule has 0 aromatic rings. The molecule has 1 saturated heterocycles. The zero-order chi connectivity index (χ0) is 8.81. The summed E-state index contributed by atoms with van der Waals surface area (Å²) in [7, 11) is 4.14. The average Bonchev–Trinajstić information content (AvgIpc) is 2.49. The highest BCUT2D eigenvalue weighted by molar-refractivity contribution is 8.77. The second-order valence-corrected chi connectivity index (χ2v) is 6.32. The van der Waals surface area contributed by atoms with Crippen LogP contribution in [0.15, 0.2) is 12.2 Å². The molecule has 2 heteroatoms. The van der Waals surface area contributed by atoms with Crippen molar-refractivity contribution in [1.29, 1.82) is 0 Å². The Morgan fingerprint density at radius 2 is 2.33 bits per heavy atom. The summed E-state index contributed by atoms with van der Waals surface area (Å²) in [6.07, 6.45) is 6.82. The molecule has 0 radical (unpaired) electrons. The third-order valence-electron chi connectivity index (χ3n) is 2.11. The normalized spacial score (nSPS) is 22.9.